The SMILES string of the molecule is CCN(CC(=O)N(C)C)C(=O)c1cccc(=O)[nH]1. The highest BCUT2D eigenvalue weighted by Crippen LogP contribution is 2.00. The van der Waals surface area contributed by atoms with Gasteiger partial charge in [-0.15, -0.1) is 0 Å². The Labute approximate surface area is 105 Å². The van der Waals surface area contributed by atoms with Crippen molar-refractivity contribution in [3.05, 3.63) is 34.2 Å². The molecular formula is C12H17N3O3. The number of pyridine rings is 1. The number of nitrogens with zero attached hydrogens (tertiary/aromatic N) is 2. The van der Waals surface area contributed by atoms with Gasteiger partial charge in [0, 0.05) is 26.7 Å². The van der Waals surface area contributed by atoms with Crippen molar-refractivity contribution in [3.8, 4) is 0 Å². The van der Waals surface area contributed by atoms with Gasteiger partial charge in [0.15, 0.2) is 0 Å². The summed E-state index contributed by atoms with van der Waals surface area (Å²) in [4.78, 5) is 40.0. The maximum Gasteiger partial charge on any atom is 0.270 e. The summed E-state index contributed by atoms with van der Waals surface area (Å²) in [6, 6.07) is 4.36. The molecule has 1 aromatic heterocycles. The lowest BCUT2D eigenvalue weighted by Gasteiger charge is -2.22. The number of aromatic nitrogens is 1. The van der Waals surface area contributed by atoms with Gasteiger partial charge in [-0.2, -0.15) is 0 Å². The van der Waals surface area contributed by atoms with E-state index in [9.17, 15) is 14.4 Å². The zero-order chi connectivity index (χ0) is 13.7. The topological polar surface area (TPSA) is 73.5 Å². The molecule has 0 bridgehead atoms. The van der Waals surface area contributed by atoms with Crippen LogP contribution in [-0.2, 0) is 4.79 Å². The van der Waals surface area contributed by atoms with Gasteiger partial charge in [-0.1, -0.05) is 6.07 Å². The average molecular weight is 251 g/mol. The molecule has 0 saturated carbocycles. The lowest BCUT2D eigenvalue weighted by Crippen LogP contribution is -2.40. The van der Waals surface area contributed by atoms with Crippen LogP contribution in [0.5, 0.6) is 0 Å². The van der Waals surface area contributed by atoms with Crippen molar-refractivity contribution < 1.29 is 9.59 Å². The molecule has 1 rings (SSSR count). The summed E-state index contributed by atoms with van der Waals surface area (Å²) < 4.78 is 0. The Kier molecular flexibility index (Phi) is 4.65. The van der Waals surface area contributed by atoms with Crippen molar-refractivity contribution in [1.82, 2.24) is 14.8 Å². The largest absolute Gasteiger partial charge is 0.347 e. The molecule has 0 saturated heterocycles. The zero-order valence-electron chi connectivity index (χ0n) is 10.8. The van der Waals surface area contributed by atoms with Crippen LogP contribution in [0.2, 0.25) is 0 Å². The molecule has 98 valence electrons. The second-order valence-corrected chi connectivity index (χ2v) is 4.04. The highest BCUT2D eigenvalue weighted by atomic mass is 16.2. The van der Waals surface area contributed by atoms with Gasteiger partial charge >= 0.3 is 0 Å². The maximum atomic E-state index is 12.1. The second kappa shape index (κ2) is 6.00. The van der Waals surface area contributed by atoms with Gasteiger partial charge in [-0.3, -0.25) is 14.4 Å². The molecule has 0 fully saturated rings. The third kappa shape index (κ3) is 3.44. The molecule has 0 aliphatic carbocycles. The van der Waals surface area contributed by atoms with Gasteiger partial charge in [-0.05, 0) is 13.0 Å². The average Bonchev–Trinajstić information content (AvgIpc) is 2.34. The number of rotatable bonds is 4. The minimum absolute atomic E-state index is 0.000736. The Bertz CT molecular complexity index is 493. The number of carbonyl (C=O) groups excluding carboxylic acids is 2. The van der Waals surface area contributed by atoms with E-state index in [1.165, 1.54) is 28.0 Å². The summed E-state index contributed by atoms with van der Waals surface area (Å²) in [5, 5.41) is 0. The number of hydrogen-bond donors (Lipinski definition) is 1. The molecule has 1 aromatic rings. The molecule has 6 nitrogen and oxygen atoms in total. The number of nitrogens with one attached hydrogen (secondary N) is 1. The Hall–Kier alpha value is -2.11. The molecule has 1 heterocycles. The minimum atomic E-state index is -0.356. The lowest BCUT2D eigenvalue weighted by atomic mass is 10.3. The lowest BCUT2D eigenvalue weighted by molar-refractivity contribution is -0.129. The smallest absolute Gasteiger partial charge is 0.270 e. The minimum Gasteiger partial charge on any atom is -0.347 e. The first-order valence-corrected chi connectivity index (χ1v) is 5.64. The number of likely N-dealkylation sites (N-methyl/N-ethyl adjacent to an activating group) is 2. The molecular weight excluding hydrogens is 234 g/mol. The third-order valence-electron chi connectivity index (χ3n) is 2.49. The molecule has 6 heteroatoms. The van der Waals surface area contributed by atoms with E-state index >= 15 is 0 Å². The number of aromatic amines is 1. The first-order valence-electron chi connectivity index (χ1n) is 5.64. The Balaban J connectivity index is 2.86. The van der Waals surface area contributed by atoms with Crippen molar-refractivity contribution in [1.29, 1.82) is 0 Å². The summed E-state index contributed by atoms with van der Waals surface area (Å²) in [5.74, 6) is -0.520. The summed E-state index contributed by atoms with van der Waals surface area (Å²) in [6.07, 6.45) is 0. The Morgan fingerprint density at radius 1 is 1.28 bits per heavy atom. The number of hydrogen-bond acceptors (Lipinski definition) is 3. The van der Waals surface area contributed by atoms with Crippen LogP contribution >= 0.6 is 0 Å². The van der Waals surface area contributed by atoms with E-state index in [-0.39, 0.29) is 29.6 Å². The summed E-state index contributed by atoms with van der Waals surface area (Å²) in [6.45, 7) is 2.18. The fraction of sp³-hybridized carbons (Fsp3) is 0.417. The normalized spacial score (nSPS) is 9.94. The van der Waals surface area contributed by atoms with Crippen LogP contribution < -0.4 is 5.56 Å². The van der Waals surface area contributed by atoms with Crippen LogP contribution in [0.1, 0.15) is 17.4 Å². The Morgan fingerprint density at radius 2 is 1.94 bits per heavy atom. The highest BCUT2D eigenvalue weighted by molar-refractivity contribution is 5.94. The third-order valence-corrected chi connectivity index (χ3v) is 2.49. The summed E-state index contributed by atoms with van der Waals surface area (Å²) >= 11 is 0. The van der Waals surface area contributed by atoms with Crippen LogP contribution in [0.15, 0.2) is 23.0 Å². The second-order valence-electron chi connectivity index (χ2n) is 4.04. The number of H-pyrrole nitrogens is 1. The molecule has 0 aliphatic rings. The zero-order valence-corrected chi connectivity index (χ0v) is 10.8. The predicted octanol–water partition coefficient (Wildman–Crippen LogP) is -0.0748. The van der Waals surface area contributed by atoms with E-state index in [1.54, 1.807) is 21.0 Å². The molecule has 0 atom stereocenters. The molecule has 0 spiro atoms. The van der Waals surface area contributed by atoms with Crippen LogP contribution in [0.3, 0.4) is 0 Å². The van der Waals surface area contributed by atoms with Crippen LogP contribution in [0.4, 0.5) is 0 Å². The molecule has 18 heavy (non-hydrogen) atoms. The van der Waals surface area contributed by atoms with Gasteiger partial charge in [0.05, 0.1) is 0 Å². The molecule has 0 unspecified atom stereocenters. The van der Waals surface area contributed by atoms with E-state index in [0.717, 1.165) is 0 Å². The van der Waals surface area contributed by atoms with E-state index < -0.39 is 0 Å². The van der Waals surface area contributed by atoms with Gasteiger partial charge in [0.2, 0.25) is 11.5 Å². The molecule has 2 amide bonds. The van der Waals surface area contributed by atoms with Crippen molar-refractivity contribution in [2.45, 2.75) is 6.92 Å². The van der Waals surface area contributed by atoms with Crippen molar-refractivity contribution in [2.24, 2.45) is 0 Å². The van der Waals surface area contributed by atoms with Crippen LogP contribution in [0, 0.1) is 0 Å². The molecule has 1 N–H and O–H groups in total. The van der Waals surface area contributed by atoms with Crippen molar-refractivity contribution >= 4 is 11.8 Å². The van der Waals surface area contributed by atoms with E-state index in [0.29, 0.717) is 6.54 Å². The Morgan fingerprint density at radius 3 is 2.44 bits per heavy atom. The van der Waals surface area contributed by atoms with Gasteiger partial charge < -0.3 is 14.8 Å². The summed E-state index contributed by atoms with van der Waals surface area (Å²) in [7, 11) is 3.26. The van der Waals surface area contributed by atoms with E-state index in [2.05, 4.69) is 4.98 Å². The van der Waals surface area contributed by atoms with Crippen LogP contribution in [-0.4, -0.2) is 53.8 Å². The van der Waals surface area contributed by atoms with Gasteiger partial charge in [0.25, 0.3) is 5.91 Å². The monoisotopic (exact) mass is 251 g/mol. The molecule has 0 aliphatic heterocycles. The van der Waals surface area contributed by atoms with Gasteiger partial charge in [0.1, 0.15) is 12.2 Å². The first kappa shape index (κ1) is 14.0. The first-order chi connectivity index (χ1) is 8.45. The maximum absolute atomic E-state index is 12.1. The fourth-order valence-electron chi connectivity index (χ4n) is 1.37. The fourth-order valence-corrected chi connectivity index (χ4v) is 1.37. The summed E-state index contributed by atoms with van der Waals surface area (Å²) in [5.41, 5.74) is -0.147. The molecule has 0 aromatic carbocycles. The quantitative estimate of drug-likeness (QED) is 0.813. The number of amides is 2. The van der Waals surface area contributed by atoms with Crippen molar-refractivity contribution in [3.63, 3.8) is 0 Å². The standard InChI is InChI=1S/C12H17N3O3/c1-4-15(8-11(17)14(2)3)12(18)9-6-5-7-10(16)13-9/h5-7H,4,8H2,1-3H3,(H,13,16). The number of carbonyl (C=O) groups is 2. The van der Waals surface area contributed by atoms with Gasteiger partial charge in [-0.25, -0.2) is 0 Å². The highest BCUT2D eigenvalue weighted by Gasteiger charge is 2.18. The molecule has 0 radical (unpaired) electrons. The predicted molar refractivity (Wildman–Crippen MR) is 67.3 cm³/mol. The van der Waals surface area contributed by atoms with E-state index in [4.69, 9.17) is 0 Å². The van der Waals surface area contributed by atoms with Crippen LogP contribution in [0.25, 0.3) is 0 Å². The van der Waals surface area contributed by atoms with Crippen molar-refractivity contribution in [2.75, 3.05) is 27.2 Å². The van der Waals surface area contributed by atoms with E-state index in [1.807, 2.05) is 0 Å².